The number of hydrogen-bond donors (Lipinski definition) is 3. The SMILES string of the molecule is CN(C)c1cccc(CC(=O)Nc2cc(CC3SC(=O)NC3=O)ccc2O)c1. The number of hydrogen-bond acceptors (Lipinski definition) is 6. The van der Waals surface area contributed by atoms with Crippen LogP contribution in [0, 0.1) is 0 Å². The average molecular weight is 399 g/mol. The molecule has 7 nitrogen and oxygen atoms in total. The van der Waals surface area contributed by atoms with Gasteiger partial charge in [-0.2, -0.15) is 0 Å². The molecule has 0 saturated carbocycles. The summed E-state index contributed by atoms with van der Waals surface area (Å²) in [5.74, 6) is -0.639. The molecule has 1 fully saturated rings. The Morgan fingerprint density at radius 2 is 1.96 bits per heavy atom. The summed E-state index contributed by atoms with van der Waals surface area (Å²) >= 11 is 0.944. The molecule has 1 heterocycles. The number of nitrogens with zero attached hydrogens (tertiary/aromatic N) is 1. The number of anilines is 2. The summed E-state index contributed by atoms with van der Waals surface area (Å²) in [7, 11) is 3.86. The molecule has 2 aromatic rings. The number of thioether (sulfide) groups is 1. The number of aromatic hydroxyl groups is 1. The molecule has 2 aromatic carbocycles. The molecule has 0 bridgehead atoms. The van der Waals surface area contributed by atoms with Crippen molar-refractivity contribution in [3.05, 3.63) is 53.6 Å². The topological polar surface area (TPSA) is 98.7 Å². The second kappa shape index (κ2) is 8.35. The zero-order chi connectivity index (χ0) is 20.3. The number of amides is 3. The Morgan fingerprint density at radius 1 is 1.18 bits per heavy atom. The summed E-state index contributed by atoms with van der Waals surface area (Å²) in [6, 6.07) is 12.4. The van der Waals surface area contributed by atoms with Gasteiger partial charge in [0.15, 0.2) is 0 Å². The lowest BCUT2D eigenvalue weighted by Gasteiger charge is -2.14. The third-order valence-electron chi connectivity index (χ3n) is 4.31. The number of rotatable bonds is 6. The van der Waals surface area contributed by atoms with Gasteiger partial charge in [0, 0.05) is 19.8 Å². The van der Waals surface area contributed by atoms with Crippen molar-refractivity contribution in [2.24, 2.45) is 0 Å². The van der Waals surface area contributed by atoms with Crippen LogP contribution in [0.3, 0.4) is 0 Å². The Morgan fingerprint density at radius 3 is 2.64 bits per heavy atom. The fourth-order valence-corrected chi connectivity index (χ4v) is 3.74. The number of nitrogens with one attached hydrogen (secondary N) is 2. The first-order chi connectivity index (χ1) is 13.3. The van der Waals surface area contributed by atoms with Crippen LogP contribution in [0.5, 0.6) is 5.75 Å². The van der Waals surface area contributed by atoms with Gasteiger partial charge in [-0.05, 0) is 41.8 Å². The van der Waals surface area contributed by atoms with E-state index in [1.54, 1.807) is 12.1 Å². The van der Waals surface area contributed by atoms with Gasteiger partial charge >= 0.3 is 0 Å². The molecule has 0 aromatic heterocycles. The fourth-order valence-electron chi connectivity index (χ4n) is 2.88. The van der Waals surface area contributed by atoms with Gasteiger partial charge in [-0.25, -0.2) is 0 Å². The van der Waals surface area contributed by atoms with Crippen LogP contribution in [0.15, 0.2) is 42.5 Å². The van der Waals surface area contributed by atoms with Gasteiger partial charge in [-0.15, -0.1) is 0 Å². The molecule has 1 aliphatic rings. The number of benzene rings is 2. The second-order valence-electron chi connectivity index (χ2n) is 6.73. The molecule has 1 saturated heterocycles. The maximum absolute atomic E-state index is 12.4. The third kappa shape index (κ3) is 4.83. The summed E-state index contributed by atoms with van der Waals surface area (Å²) in [6.45, 7) is 0. The van der Waals surface area contributed by atoms with Crippen LogP contribution in [-0.4, -0.2) is 41.5 Å². The number of carbonyl (C=O) groups excluding carboxylic acids is 3. The van der Waals surface area contributed by atoms with Gasteiger partial charge in [0.25, 0.3) is 5.24 Å². The molecule has 8 heteroatoms. The van der Waals surface area contributed by atoms with Gasteiger partial charge in [0.2, 0.25) is 11.8 Å². The van der Waals surface area contributed by atoms with E-state index in [0.29, 0.717) is 6.42 Å². The van der Waals surface area contributed by atoms with Crippen LogP contribution in [0.4, 0.5) is 16.2 Å². The monoisotopic (exact) mass is 399 g/mol. The molecular weight excluding hydrogens is 378 g/mol. The van der Waals surface area contributed by atoms with Crippen molar-refractivity contribution in [3.63, 3.8) is 0 Å². The van der Waals surface area contributed by atoms with Crippen molar-refractivity contribution in [1.29, 1.82) is 0 Å². The summed E-state index contributed by atoms with van der Waals surface area (Å²) in [5, 5.41) is 14.2. The summed E-state index contributed by atoms with van der Waals surface area (Å²) in [5.41, 5.74) is 2.87. The van der Waals surface area contributed by atoms with Crippen molar-refractivity contribution in [2.75, 3.05) is 24.3 Å². The normalized spacial score (nSPS) is 16.0. The quantitative estimate of drug-likeness (QED) is 0.646. The van der Waals surface area contributed by atoms with E-state index in [1.807, 2.05) is 43.3 Å². The average Bonchev–Trinajstić information content (AvgIpc) is 2.95. The van der Waals surface area contributed by atoms with Crippen LogP contribution >= 0.6 is 11.8 Å². The predicted molar refractivity (Wildman–Crippen MR) is 110 cm³/mol. The smallest absolute Gasteiger partial charge is 0.286 e. The highest BCUT2D eigenvalue weighted by molar-refractivity contribution is 8.15. The Kier molecular flexibility index (Phi) is 5.89. The second-order valence-corrected chi connectivity index (χ2v) is 7.90. The van der Waals surface area contributed by atoms with Crippen molar-refractivity contribution in [1.82, 2.24) is 5.32 Å². The van der Waals surface area contributed by atoms with E-state index in [0.717, 1.165) is 28.6 Å². The summed E-state index contributed by atoms with van der Waals surface area (Å²) in [6.07, 6.45) is 0.497. The van der Waals surface area contributed by atoms with Crippen LogP contribution in [0.2, 0.25) is 0 Å². The molecule has 1 atom stereocenters. The van der Waals surface area contributed by atoms with Crippen molar-refractivity contribution in [3.8, 4) is 5.75 Å². The molecular formula is C20H21N3O4S. The minimum atomic E-state index is -0.505. The van der Waals surface area contributed by atoms with Crippen molar-refractivity contribution in [2.45, 2.75) is 18.1 Å². The summed E-state index contributed by atoms with van der Waals surface area (Å²) in [4.78, 5) is 37.4. The number of phenols is 1. The molecule has 3 rings (SSSR count). The number of imide groups is 1. The van der Waals surface area contributed by atoms with E-state index in [-0.39, 0.29) is 34.9 Å². The third-order valence-corrected chi connectivity index (χ3v) is 5.30. The molecule has 0 aliphatic carbocycles. The van der Waals surface area contributed by atoms with Crippen molar-refractivity contribution >= 4 is 40.2 Å². The highest BCUT2D eigenvalue weighted by Crippen LogP contribution is 2.28. The van der Waals surface area contributed by atoms with Crippen molar-refractivity contribution < 1.29 is 19.5 Å². The zero-order valence-electron chi connectivity index (χ0n) is 15.6. The molecule has 3 N–H and O–H groups in total. The molecule has 0 radical (unpaired) electrons. The number of phenolic OH excluding ortho intramolecular Hbond substituents is 1. The summed E-state index contributed by atoms with van der Waals surface area (Å²) < 4.78 is 0. The fraction of sp³-hybridized carbons (Fsp3) is 0.250. The van der Waals surface area contributed by atoms with Gasteiger partial charge in [-0.3, -0.25) is 19.7 Å². The highest BCUT2D eigenvalue weighted by atomic mass is 32.2. The predicted octanol–water partition coefficient (Wildman–Crippen LogP) is 2.53. The zero-order valence-corrected chi connectivity index (χ0v) is 16.4. The molecule has 3 amide bonds. The molecule has 1 aliphatic heterocycles. The lowest BCUT2D eigenvalue weighted by Crippen LogP contribution is -2.25. The van der Waals surface area contributed by atoms with Gasteiger partial charge in [-0.1, -0.05) is 30.0 Å². The minimum Gasteiger partial charge on any atom is -0.506 e. The van der Waals surface area contributed by atoms with Crippen LogP contribution in [0.25, 0.3) is 0 Å². The molecule has 28 heavy (non-hydrogen) atoms. The first-order valence-electron chi connectivity index (χ1n) is 8.71. The lowest BCUT2D eigenvalue weighted by atomic mass is 10.1. The van der Waals surface area contributed by atoms with E-state index >= 15 is 0 Å². The highest BCUT2D eigenvalue weighted by Gasteiger charge is 2.31. The van der Waals surface area contributed by atoms with Crippen LogP contribution in [-0.2, 0) is 22.4 Å². The van der Waals surface area contributed by atoms with Gasteiger partial charge in [0.05, 0.1) is 17.4 Å². The largest absolute Gasteiger partial charge is 0.506 e. The minimum absolute atomic E-state index is 0.0567. The lowest BCUT2D eigenvalue weighted by molar-refractivity contribution is -0.119. The Labute approximate surface area is 167 Å². The Balaban J connectivity index is 1.68. The van der Waals surface area contributed by atoms with Gasteiger partial charge in [0.1, 0.15) is 5.75 Å². The first-order valence-corrected chi connectivity index (χ1v) is 9.59. The first kappa shape index (κ1) is 19.8. The molecule has 1 unspecified atom stereocenters. The van der Waals surface area contributed by atoms with E-state index in [2.05, 4.69) is 10.6 Å². The Hall–Kier alpha value is -3.00. The standard InChI is InChI=1S/C20H21N3O4S/c1-23(2)14-5-3-4-12(8-14)11-18(25)21-15-9-13(6-7-16(15)24)10-17-19(26)22-20(27)28-17/h3-9,17,24H,10-11H2,1-2H3,(H,21,25)(H,22,26,27). The van der Waals surface area contributed by atoms with Crippen LogP contribution < -0.4 is 15.5 Å². The maximum atomic E-state index is 12.4. The maximum Gasteiger partial charge on any atom is 0.286 e. The molecule has 146 valence electrons. The van der Waals surface area contributed by atoms with Crippen LogP contribution in [0.1, 0.15) is 11.1 Å². The van der Waals surface area contributed by atoms with Gasteiger partial charge < -0.3 is 15.3 Å². The van der Waals surface area contributed by atoms with E-state index < -0.39 is 5.25 Å². The van der Waals surface area contributed by atoms with E-state index in [1.165, 1.54) is 6.07 Å². The Bertz CT molecular complexity index is 929. The molecule has 0 spiro atoms. The number of carbonyl (C=O) groups is 3. The van der Waals surface area contributed by atoms with E-state index in [9.17, 15) is 19.5 Å². The van der Waals surface area contributed by atoms with E-state index in [4.69, 9.17) is 0 Å².